The van der Waals surface area contributed by atoms with Crippen LogP contribution in [0.2, 0.25) is 0 Å². The highest BCUT2D eigenvalue weighted by Crippen LogP contribution is 2.14. The van der Waals surface area contributed by atoms with E-state index in [0.717, 1.165) is 11.1 Å². The van der Waals surface area contributed by atoms with Gasteiger partial charge in [-0.05, 0) is 30.3 Å². The molecule has 0 saturated carbocycles. The highest BCUT2D eigenvalue weighted by molar-refractivity contribution is 5.90. The first-order valence-electron chi connectivity index (χ1n) is 7.00. The molecule has 0 atom stereocenters. The maximum absolute atomic E-state index is 13.1. The summed E-state index contributed by atoms with van der Waals surface area (Å²) in [5, 5.41) is 14.5. The molecule has 3 aromatic rings. The van der Waals surface area contributed by atoms with Crippen LogP contribution in [0, 0.1) is 12.7 Å². The van der Waals surface area contributed by atoms with Gasteiger partial charge in [0.15, 0.2) is 0 Å². The number of hydrogen-bond donors (Lipinski definition) is 1. The van der Waals surface area contributed by atoms with Crippen molar-refractivity contribution in [3.8, 4) is 11.4 Å². The second-order valence-corrected chi connectivity index (χ2v) is 5.07. The molecule has 7 heteroatoms. The standard InChI is InChI=1S/C16H14FN5O/c1-11-5-7-12(8-6-11)16-19-21-22(20-16)10-15(23)18-14-4-2-3-13(17)9-14/h2-9H,10H2,1H3,(H,18,23). The van der Waals surface area contributed by atoms with Gasteiger partial charge in [-0.2, -0.15) is 4.80 Å². The third-order valence-electron chi connectivity index (χ3n) is 3.16. The molecule has 0 aliphatic carbocycles. The molecular formula is C16H14FN5O. The molecular weight excluding hydrogens is 297 g/mol. The number of nitrogens with zero attached hydrogens (tertiary/aromatic N) is 4. The van der Waals surface area contributed by atoms with E-state index in [-0.39, 0.29) is 12.5 Å². The zero-order chi connectivity index (χ0) is 16.2. The van der Waals surface area contributed by atoms with Crippen molar-refractivity contribution in [3.63, 3.8) is 0 Å². The Morgan fingerprint density at radius 3 is 2.74 bits per heavy atom. The van der Waals surface area contributed by atoms with Crippen LogP contribution < -0.4 is 5.32 Å². The lowest BCUT2D eigenvalue weighted by Crippen LogP contribution is -2.20. The van der Waals surface area contributed by atoms with Crippen molar-refractivity contribution in [2.24, 2.45) is 0 Å². The van der Waals surface area contributed by atoms with Crippen LogP contribution in [0.1, 0.15) is 5.56 Å². The number of tetrazole rings is 1. The highest BCUT2D eigenvalue weighted by atomic mass is 19.1. The van der Waals surface area contributed by atoms with Crippen molar-refractivity contribution < 1.29 is 9.18 Å². The van der Waals surface area contributed by atoms with E-state index in [1.807, 2.05) is 31.2 Å². The van der Waals surface area contributed by atoms with Gasteiger partial charge in [-0.25, -0.2) is 4.39 Å². The van der Waals surface area contributed by atoms with Crippen LogP contribution >= 0.6 is 0 Å². The van der Waals surface area contributed by atoms with Crippen molar-refractivity contribution in [2.75, 3.05) is 5.32 Å². The molecule has 0 aliphatic heterocycles. The fourth-order valence-corrected chi connectivity index (χ4v) is 2.02. The molecule has 1 amide bonds. The Hall–Kier alpha value is -3.09. The molecule has 116 valence electrons. The lowest BCUT2D eigenvalue weighted by atomic mass is 10.1. The van der Waals surface area contributed by atoms with Gasteiger partial charge in [0.2, 0.25) is 11.7 Å². The Morgan fingerprint density at radius 1 is 1.22 bits per heavy atom. The number of anilines is 1. The van der Waals surface area contributed by atoms with Gasteiger partial charge < -0.3 is 5.32 Å². The van der Waals surface area contributed by atoms with Crippen LogP contribution in [0.25, 0.3) is 11.4 Å². The number of amides is 1. The summed E-state index contributed by atoms with van der Waals surface area (Å²) in [6, 6.07) is 13.4. The quantitative estimate of drug-likeness (QED) is 0.803. The van der Waals surface area contributed by atoms with E-state index in [0.29, 0.717) is 11.5 Å². The lowest BCUT2D eigenvalue weighted by Gasteiger charge is -2.04. The van der Waals surface area contributed by atoms with Gasteiger partial charge in [-0.15, -0.1) is 10.2 Å². The molecule has 2 aromatic carbocycles. The molecule has 0 unspecified atom stereocenters. The summed E-state index contributed by atoms with van der Waals surface area (Å²) in [7, 11) is 0. The highest BCUT2D eigenvalue weighted by Gasteiger charge is 2.09. The predicted molar refractivity (Wildman–Crippen MR) is 83.0 cm³/mol. The van der Waals surface area contributed by atoms with E-state index in [4.69, 9.17) is 0 Å². The summed E-state index contributed by atoms with van der Waals surface area (Å²) < 4.78 is 13.1. The summed E-state index contributed by atoms with van der Waals surface area (Å²) >= 11 is 0. The fourth-order valence-electron chi connectivity index (χ4n) is 2.02. The summed E-state index contributed by atoms with van der Waals surface area (Å²) in [4.78, 5) is 13.1. The monoisotopic (exact) mass is 311 g/mol. The Labute approximate surface area is 132 Å². The predicted octanol–water partition coefficient (Wildman–Crippen LogP) is 2.43. The average Bonchev–Trinajstić information content (AvgIpc) is 2.96. The van der Waals surface area contributed by atoms with Crippen molar-refractivity contribution in [2.45, 2.75) is 13.5 Å². The minimum Gasteiger partial charge on any atom is -0.324 e. The number of rotatable bonds is 4. The summed E-state index contributed by atoms with van der Waals surface area (Å²) in [6.07, 6.45) is 0. The van der Waals surface area contributed by atoms with E-state index >= 15 is 0 Å². The first kappa shape index (κ1) is 14.8. The zero-order valence-corrected chi connectivity index (χ0v) is 12.4. The van der Waals surface area contributed by atoms with Crippen molar-refractivity contribution >= 4 is 11.6 Å². The molecule has 0 radical (unpaired) electrons. The van der Waals surface area contributed by atoms with Gasteiger partial charge in [0.1, 0.15) is 12.4 Å². The van der Waals surface area contributed by atoms with E-state index in [9.17, 15) is 9.18 Å². The van der Waals surface area contributed by atoms with E-state index in [2.05, 4.69) is 20.7 Å². The van der Waals surface area contributed by atoms with E-state index in [1.165, 1.54) is 23.0 Å². The van der Waals surface area contributed by atoms with Crippen LogP contribution in [0.5, 0.6) is 0 Å². The van der Waals surface area contributed by atoms with Crippen LogP contribution in [-0.4, -0.2) is 26.1 Å². The molecule has 6 nitrogen and oxygen atoms in total. The maximum atomic E-state index is 13.1. The van der Waals surface area contributed by atoms with Gasteiger partial charge in [0.25, 0.3) is 0 Å². The van der Waals surface area contributed by atoms with Crippen molar-refractivity contribution in [1.82, 2.24) is 20.2 Å². The Balaban J connectivity index is 1.66. The first-order chi connectivity index (χ1) is 11.1. The Bertz CT molecular complexity index is 828. The number of carbonyl (C=O) groups excluding carboxylic acids is 1. The molecule has 1 N–H and O–H groups in total. The number of halogens is 1. The number of benzene rings is 2. The number of aromatic nitrogens is 4. The molecule has 0 fully saturated rings. The van der Waals surface area contributed by atoms with Gasteiger partial charge >= 0.3 is 0 Å². The maximum Gasteiger partial charge on any atom is 0.248 e. The van der Waals surface area contributed by atoms with Crippen molar-refractivity contribution in [1.29, 1.82) is 0 Å². The summed E-state index contributed by atoms with van der Waals surface area (Å²) in [5.41, 5.74) is 2.34. The van der Waals surface area contributed by atoms with Gasteiger partial charge in [0.05, 0.1) is 0 Å². The molecule has 1 aromatic heterocycles. The largest absolute Gasteiger partial charge is 0.324 e. The van der Waals surface area contributed by atoms with Crippen molar-refractivity contribution in [3.05, 3.63) is 59.9 Å². The van der Waals surface area contributed by atoms with E-state index in [1.54, 1.807) is 6.07 Å². The number of aryl methyl sites for hydroxylation is 1. The second kappa shape index (κ2) is 6.35. The third kappa shape index (κ3) is 3.76. The minimum atomic E-state index is -0.414. The second-order valence-electron chi connectivity index (χ2n) is 5.07. The van der Waals surface area contributed by atoms with Gasteiger partial charge in [0, 0.05) is 11.3 Å². The van der Waals surface area contributed by atoms with Gasteiger partial charge in [-0.3, -0.25) is 4.79 Å². The first-order valence-corrected chi connectivity index (χ1v) is 7.00. The fraction of sp³-hybridized carbons (Fsp3) is 0.125. The molecule has 3 rings (SSSR count). The summed E-state index contributed by atoms with van der Waals surface area (Å²) in [6.45, 7) is 1.89. The molecule has 0 bridgehead atoms. The molecule has 0 spiro atoms. The third-order valence-corrected chi connectivity index (χ3v) is 3.16. The smallest absolute Gasteiger partial charge is 0.248 e. The number of hydrogen-bond acceptors (Lipinski definition) is 4. The lowest BCUT2D eigenvalue weighted by molar-refractivity contribution is -0.117. The Morgan fingerprint density at radius 2 is 2.00 bits per heavy atom. The number of nitrogens with one attached hydrogen (secondary N) is 1. The van der Waals surface area contributed by atoms with E-state index < -0.39 is 5.82 Å². The normalized spacial score (nSPS) is 10.5. The Kier molecular flexibility index (Phi) is 4.09. The molecule has 1 heterocycles. The average molecular weight is 311 g/mol. The SMILES string of the molecule is Cc1ccc(-c2nnn(CC(=O)Nc3cccc(F)c3)n2)cc1. The van der Waals surface area contributed by atoms with Gasteiger partial charge in [-0.1, -0.05) is 35.9 Å². The van der Waals surface area contributed by atoms with Crippen LogP contribution in [0.4, 0.5) is 10.1 Å². The van der Waals surface area contributed by atoms with Crippen LogP contribution in [0.3, 0.4) is 0 Å². The summed E-state index contributed by atoms with van der Waals surface area (Å²) in [5.74, 6) is -0.324. The van der Waals surface area contributed by atoms with Crippen LogP contribution in [0.15, 0.2) is 48.5 Å². The zero-order valence-electron chi connectivity index (χ0n) is 12.4. The minimum absolute atomic E-state index is 0.102. The molecule has 23 heavy (non-hydrogen) atoms. The number of carbonyl (C=O) groups is 1. The molecule has 0 saturated heterocycles. The van der Waals surface area contributed by atoms with Crippen LogP contribution in [-0.2, 0) is 11.3 Å². The topological polar surface area (TPSA) is 72.7 Å². The molecule has 0 aliphatic rings.